The van der Waals surface area contributed by atoms with E-state index in [-0.39, 0.29) is 0 Å². The fraction of sp³-hybridized carbons (Fsp3) is 0. The number of hydrogen-bond donors (Lipinski definition) is 3. The lowest BCUT2D eigenvalue weighted by molar-refractivity contribution is 1.22. The van der Waals surface area contributed by atoms with Crippen molar-refractivity contribution in [1.82, 2.24) is 4.98 Å². The van der Waals surface area contributed by atoms with Gasteiger partial charge in [0.2, 0.25) is 0 Å². The molecule has 0 spiro atoms. The van der Waals surface area contributed by atoms with Crippen LogP contribution in [0.25, 0.3) is 0 Å². The summed E-state index contributed by atoms with van der Waals surface area (Å²) in [6, 6.07) is 8.79. The molecule has 18 heavy (non-hydrogen) atoms. The minimum absolute atomic E-state index is 0.329. The van der Waals surface area contributed by atoms with Gasteiger partial charge in [-0.3, -0.25) is 0 Å². The molecule has 94 valence electrons. The number of halogens is 3. The molecule has 7 heteroatoms. The molecule has 0 saturated carbocycles. The average Bonchev–Trinajstić information content (AvgIpc) is 2.35. The second-order valence-corrected chi connectivity index (χ2v) is 4.62. The number of rotatable bonds is 3. The Morgan fingerprint density at radius 2 is 1.61 bits per heavy atom. The van der Waals surface area contributed by atoms with E-state index < -0.39 is 0 Å². The van der Waals surface area contributed by atoms with Crippen LogP contribution in [0.3, 0.4) is 0 Å². The fourth-order valence-corrected chi connectivity index (χ4v) is 1.99. The van der Waals surface area contributed by atoms with Crippen LogP contribution in [0.1, 0.15) is 0 Å². The van der Waals surface area contributed by atoms with E-state index >= 15 is 0 Å². The highest BCUT2D eigenvalue weighted by molar-refractivity contribution is 6.37. The molecule has 0 saturated heterocycles. The first-order chi connectivity index (χ1) is 8.61. The molecule has 1 heterocycles. The van der Waals surface area contributed by atoms with Crippen molar-refractivity contribution in [2.24, 2.45) is 5.84 Å². The van der Waals surface area contributed by atoms with Crippen molar-refractivity contribution in [1.29, 1.82) is 0 Å². The number of hydrogen-bond acceptors (Lipinski definition) is 4. The lowest BCUT2D eigenvalue weighted by Gasteiger charge is -2.11. The van der Waals surface area contributed by atoms with Crippen LogP contribution >= 0.6 is 34.8 Å². The number of nitrogens with one attached hydrogen (secondary N) is 2. The number of benzene rings is 1. The van der Waals surface area contributed by atoms with E-state index in [0.29, 0.717) is 32.4 Å². The molecule has 0 bridgehead atoms. The Balaban J connectivity index is 2.38. The van der Waals surface area contributed by atoms with Gasteiger partial charge in [0.1, 0.15) is 0 Å². The van der Waals surface area contributed by atoms with Gasteiger partial charge >= 0.3 is 0 Å². The maximum absolute atomic E-state index is 6.04. The number of nitrogens with zero attached hydrogens (tertiary/aromatic N) is 1. The summed E-state index contributed by atoms with van der Waals surface area (Å²) in [5.41, 5.74) is 3.08. The van der Waals surface area contributed by atoms with Gasteiger partial charge in [-0.05, 0) is 18.2 Å². The van der Waals surface area contributed by atoms with Gasteiger partial charge in [0.15, 0.2) is 11.6 Å². The third-order valence-corrected chi connectivity index (χ3v) is 3.10. The lowest BCUT2D eigenvalue weighted by Crippen LogP contribution is -2.10. The minimum atomic E-state index is 0.329. The zero-order valence-corrected chi connectivity index (χ0v) is 11.3. The predicted molar refractivity (Wildman–Crippen MR) is 76.8 cm³/mol. The average molecular weight is 304 g/mol. The number of nitrogen functional groups attached to an aromatic ring is 1. The first kappa shape index (κ1) is 13.2. The summed E-state index contributed by atoms with van der Waals surface area (Å²) < 4.78 is 0. The maximum atomic E-state index is 6.04. The van der Waals surface area contributed by atoms with Crippen LogP contribution in [-0.4, -0.2) is 4.98 Å². The molecule has 4 N–H and O–H groups in total. The lowest BCUT2D eigenvalue weighted by atomic mass is 10.3. The molecule has 4 nitrogen and oxygen atoms in total. The Kier molecular flexibility index (Phi) is 4.14. The summed E-state index contributed by atoms with van der Waals surface area (Å²) in [4.78, 5) is 4.16. The Labute approximate surface area is 119 Å². The van der Waals surface area contributed by atoms with Crippen LogP contribution in [0.4, 0.5) is 17.3 Å². The summed E-state index contributed by atoms with van der Waals surface area (Å²) in [5.74, 6) is 6.05. The first-order valence-electron chi connectivity index (χ1n) is 4.96. The molecule has 1 aromatic carbocycles. The Hall–Kier alpha value is -1.20. The van der Waals surface area contributed by atoms with Gasteiger partial charge in [-0.15, -0.1) is 0 Å². The second kappa shape index (κ2) is 5.63. The highest BCUT2D eigenvalue weighted by Gasteiger charge is 2.09. The summed E-state index contributed by atoms with van der Waals surface area (Å²) in [5, 5.41) is 4.29. The minimum Gasteiger partial charge on any atom is -0.338 e. The Morgan fingerprint density at radius 1 is 0.944 bits per heavy atom. The van der Waals surface area contributed by atoms with Gasteiger partial charge in [0, 0.05) is 0 Å². The van der Waals surface area contributed by atoms with Crippen molar-refractivity contribution in [2.75, 3.05) is 10.7 Å². The smallest absolute Gasteiger partial charge is 0.161 e. The number of pyridine rings is 1. The van der Waals surface area contributed by atoms with E-state index in [1.165, 1.54) is 0 Å². The summed E-state index contributed by atoms with van der Waals surface area (Å²) >= 11 is 18.0. The molecule has 0 fully saturated rings. The van der Waals surface area contributed by atoms with Gasteiger partial charge in [0.25, 0.3) is 0 Å². The number of nitrogens with two attached hydrogens (primary N) is 1. The van der Waals surface area contributed by atoms with Crippen molar-refractivity contribution in [3.8, 4) is 0 Å². The summed E-state index contributed by atoms with van der Waals surface area (Å²) in [7, 11) is 0. The SMILES string of the molecule is NNc1nc(Nc2ccccc2Cl)c(Cl)cc1Cl. The molecule has 0 aliphatic rings. The highest BCUT2D eigenvalue weighted by atomic mass is 35.5. The van der Waals surface area contributed by atoms with Gasteiger partial charge in [-0.1, -0.05) is 46.9 Å². The van der Waals surface area contributed by atoms with Crippen molar-refractivity contribution in [3.63, 3.8) is 0 Å². The molecule has 2 rings (SSSR count). The van der Waals surface area contributed by atoms with E-state index in [0.717, 1.165) is 0 Å². The van der Waals surface area contributed by atoms with E-state index in [9.17, 15) is 0 Å². The quantitative estimate of drug-likeness (QED) is 0.591. The molecular formula is C11H9Cl3N4. The van der Waals surface area contributed by atoms with E-state index in [1.54, 1.807) is 12.1 Å². The zero-order valence-electron chi connectivity index (χ0n) is 9.05. The number of hydrazine groups is 1. The van der Waals surface area contributed by atoms with Crippen molar-refractivity contribution in [2.45, 2.75) is 0 Å². The van der Waals surface area contributed by atoms with Crippen molar-refractivity contribution < 1.29 is 0 Å². The first-order valence-corrected chi connectivity index (χ1v) is 6.09. The largest absolute Gasteiger partial charge is 0.338 e. The number of aromatic nitrogens is 1. The highest BCUT2D eigenvalue weighted by Crippen LogP contribution is 2.32. The number of anilines is 3. The molecule has 0 atom stereocenters. The molecule has 0 unspecified atom stereocenters. The van der Waals surface area contributed by atoms with E-state index in [4.69, 9.17) is 40.6 Å². The molecular weight excluding hydrogens is 295 g/mol. The summed E-state index contributed by atoms with van der Waals surface area (Å²) in [6.45, 7) is 0. The van der Waals surface area contributed by atoms with Gasteiger partial charge in [0.05, 0.1) is 20.8 Å². The maximum Gasteiger partial charge on any atom is 0.161 e. The third kappa shape index (κ3) is 2.79. The predicted octanol–water partition coefficient (Wildman–Crippen LogP) is 4.07. The number of para-hydroxylation sites is 1. The van der Waals surface area contributed by atoms with Gasteiger partial charge < -0.3 is 10.7 Å². The molecule has 0 radical (unpaired) electrons. The Morgan fingerprint density at radius 3 is 2.28 bits per heavy atom. The standard InChI is InChI=1S/C11H9Cl3N4/c12-6-3-1-2-4-9(6)16-10-7(13)5-8(14)11(17-10)18-15/h1-5H,15H2,(H2,16,17,18). The molecule has 2 aromatic rings. The topological polar surface area (TPSA) is 63.0 Å². The normalized spacial score (nSPS) is 10.2. The fourth-order valence-electron chi connectivity index (χ4n) is 1.35. The third-order valence-electron chi connectivity index (χ3n) is 2.19. The van der Waals surface area contributed by atoms with Crippen molar-refractivity contribution >= 4 is 52.1 Å². The van der Waals surface area contributed by atoms with Crippen molar-refractivity contribution in [3.05, 3.63) is 45.4 Å². The van der Waals surface area contributed by atoms with Gasteiger partial charge in [-0.2, -0.15) is 0 Å². The van der Waals surface area contributed by atoms with Gasteiger partial charge in [-0.25, -0.2) is 10.8 Å². The van der Waals surface area contributed by atoms with Crippen LogP contribution in [0.15, 0.2) is 30.3 Å². The van der Waals surface area contributed by atoms with Crippen LogP contribution in [0.5, 0.6) is 0 Å². The van der Waals surface area contributed by atoms with Crippen LogP contribution in [0.2, 0.25) is 15.1 Å². The zero-order chi connectivity index (χ0) is 13.1. The molecule has 0 aliphatic carbocycles. The van der Waals surface area contributed by atoms with E-state index in [1.807, 2.05) is 18.2 Å². The van der Waals surface area contributed by atoms with E-state index in [2.05, 4.69) is 15.7 Å². The second-order valence-electron chi connectivity index (χ2n) is 3.40. The van der Waals surface area contributed by atoms with Crippen LogP contribution < -0.4 is 16.6 Å². The van der Waals surface area contributed by atoms with Crippen LogP contribution in [-0.2, 0) is 0 Å². The molecule has 1 aromatic heterocycles. The summed E-state index contributed by atoms with van der Waals surface area (Å²) in [6.07, 6.45) is 0. The van der Waals surface area contributed by atoms with Crippen LogP contribution in [0, 0.1) is 0 Å². The monoisotopic (exact) mass is 302 g/mol. The molecule has 0 amide bonds. The Bertz CT molecular complexity index is 574. The molecule has 0 aliphatic heterocycles.